The number of nitrogens with one attached hydrogen (secondary N) is 1. The Bertz CT molecular complexity index is 514. The van der Waals surface area contributed by atoms with Crippen LogP contribution in [0.3, 0.4) is 0 Å². The van der Waals surface area contributed by atoms with Gasteiger partial charge >= 0.3 is 6.18 Å². The van der Waals surface area contributed by atoms with Crippen LogP contribution in [0.15, 0.2) is 18.2 Å². The summed E-state index contributed by atoms with van der Waals surface area (Å²) in [5.41, 5.74) is -0.831. The summed E-state index contributed by atoms with van der Waals surface area (Å²) in [6.45, 7) is 8.95. The van der Waals surface area contributed by atoms with Crippen molar-refractivity contribution in [3.05, 3.63) is 35.1 Å². The molecule has 0 bridgehead atoms. The van der Waals surface area contributed by atoms with E-state index < -0.39 is 17.6 Å². The van der Waals surface area contributed by atoms with Gasteiger partial charge in [-0.25, -0.2) is 4.39 Å². The van der Waals surface area contributed by atoms with E-state index in [0.29, 0.717) is 11.6 Å². The number of benzene rings is 1. The number of hydrogen-bond donors (Lipinski definition) is 1. The molecule has 0 aromatic heterocycles. The Morgan fingerprint density at radius 3 is 2.14 bits per heavy atom. The molecule has 1 N–H and O–H groups in total. The van der Waals surface area contributed by atoms with Crippen LogP contribution in [0.2, 0.25) is 0 Å². The van der Waals surface area contributed by atoms with E-state index >= 15 is 0 Å². The van der Waals surface area contributed by atoms with E-state index in [1.54, 1.807) is 0 Å². The molecule has 6 heteroatoms. The number of alkyl halides is 3. The van der Waals surface area contributed by atoms with E-state index in [0.717, 1.165) is 32.2 Å². The Balaban J connectivity index is 2.45. The van der Waals surface area contributed by atoms with Crippen molar-refractivity contribution in [1.29, 1.82) is 0 Å². The molecule has 1 aliphatic heterocycles. The Morgan fingerprint density at radius 1 is 1.05 bits per heavy atom. The standard InChI is InChI=1S/C16H22F4N2/c1-15(2,3)14(22-6-4-21-5-7-22)11-8-12(16(18,19)20)10-13(17)9-11/h8-10,14,21H,4-7H2,1-3H3/t14-/m1/s1. The molecular weight excluding hydrogens is 296 g/mol. The van der Waals surface area contributed by atoms with Crippen LogP contribution in [0, 0.1) is 11.2 Å². The van der Waals surface area contributed by atoms with E-state index in [2.05, 4.69) is 10.2 Å². The fourth-order valence-corrected chi connectivity index (χ4v) is 3.13. The number of piperazine rings is 1. The van der Waals surface area contributed by atoms with Gasteiger partial charge in [0.2, 0.25) is 0 Å². The molecule has 22 heavy (non-hydrogen) atoms. The van der Waals surface area contributed by atoms with Crippen molar-refractivity contribution in [3.63, 3.8) is 0 Å². The van der Waals surface area contributed by atoms with Crippen molar-refractivity contribution in [2.45, 2.75) is 33.0 Å². The van der Waals surface area contributed by atoms with Gasteiger partial charge in [-0.15, -0.1) is 0 Å². The van der Waals surface area contributed by atoms with E-state index in [4.69, 9.17) is 0 Å². The normalized spacial score (nSPS) is 19.2. The second-order valence-corrected chi connectivity index (χ2v) is 6.83. The number of halogens is 4. The number of rotatable bonds is 2. The molecule has 1 aromatic carbocycles. The lowest BCUT2D eigenvalue weighted by atomic mass is 9.80. The lowest BCUT2D eigenvalue weighted by Crippen LogP contribution is -2.48. The predicted molar refractivity (Wildman–Crippen MR) is 78.0 cm³/mol. The maximum Gasteiger partial charge on any atom is 0.416 e. The summed E-state index contributed by atoms with van der Waals surface area (Å²) in [6.07, 6.45) is -4.54. The van der Waals surface area contributed by atoms with Gasteiger partial charge in [-0.3, -0.25) is 4.90 Å². The quantitative estimate of drug-likeness (QED) is 0.834. The molecule has 0 spiro atoms. The van der Waals surface area contributed by atoms with Gasteiger partial charge in [0.1, 0.15) is 5.82 Å². The van der Waals surface area contributed by atoms with Crippen molar-refractivity contribution < 1.29 is 17.6 Å². The average Bonchev–Trinajstić information content (AvgIpc) is 2.36. The first-order valence-corrected chi connectivity index (χ1v) is 7.41. The lowest BCUT2D eigenvalue weighted by Gasteiger charge is -2.42. The third kappa shape index (κ3) is 3.98. The summed E-state index contributed by atoms with van der Waals surface area (Å²) >= 11 is 0. The summed E-state index contributed by atoms with van der Waals surface area (Å²) in [7, 11) is 0. The highest BCUT2D eigenvalue weighted by Gasteiger charge is 2.36. The zero-order chi connectivity index (χ0) is 16.5. The van der Waals surface area contributed by atoms with Crippen LogP contribution in [0.4, 0.5) is 17.6 Å². The van der Waals surface area contributed by atoms with Crippen LogP contribution < -0.4 is 5.32 Å². The molecule has 2 rings (SSSR count). The van der Waals surface area contributed by atoms with E-state index in [9.17, 15) is 17.6 Å². The summed E-state index contributed by atoms with van der Waals surface area (Å²) in [5.74, 6) is -0.839. The van der Waals surface area contributed by atoms with Gasteiger partial charge in [0, 0.05) is 32.2 Å². The smallest absolute Gasteiger partial charge is 0.314 e. The molecule has 0 unspecified atom stereocenters. The molecule has 124 valence electrons. The molecule has 2 nitrogen and oxygen atoms in total. The SMILES string of the molecule is CC(C)(C)[C@@H](c1cc(F)cc(C(F)(F)F)c1)N1CCNCC1. The summed E-state index contributed by atoms with van der Waals surface area (Å²) in [6, 6.07) is 2.61. The topological polar surface area (TPSA) is 15.3 Å². The maximum atomic E-state index is 13.7. The van der Waals surface area contributed by atoms with Crippen molar-refractivity contribution in [1.82, 2.24) is 10.2 Å². The molecule has 1 heterocycles. The average molecular weight is 318 g/mol. The summed E-state index contributed by atoms with van der Waals surface area (Å²) in [5, 5.41) is 3.22. The first-order valence-electron chi connectivity index (χ1n) is 7.41. The molecule has 1 aliphatic rings. The molecule has 1 atom stereocenters. The third-order valence-corrected chi connectivity index (χ3v) is 3.90. The van der Waals surface area contributed by atoms with Crippen LogP contribution in [0.5, 0.6) is 0 Å². The fraction of sp³-hybridized carbons (Fsp3) is 0.625. The largest absolute Gasteiger partial charge is 0.416 e. The van der Waals surface area contributed by atoms with Crippen molar-refractivity contribution in [3.8, 4) is 0 Å². The van der Waals surface area contributed by atoms with E-state index in [1.165, 1.54) is 6.07 Å². The fourth-order valence-electron chi connectivity index (χ4n) is 3.13. The first kappa shape index (κ1) is 17.2. The predicted octanol–water partition coefficient (Wildman–Crippen LogP) is 3.84. The third-order valence-electron chi connectivity index (χ3n) is 3.90. The van der Waals surface area contributed by atoms with Gasteiger partial charge in [0.25, 0.3) is 0 Å². The minimum absolute atomic E-state index is 0.258. The van der Waals surface area contributed by atoms with Crippen LogP contribution >= 0.6 is 0 Å². The highest BCUT2D eigenvalue weighted by Crippen LogP contribution is 2.40. The Labute approximate surface area is 128 Å². The van der Waals surface area contributed by atoms with Gasteiger partial charge in [-0.2, -0.15) is 13.2 Å². The van der Waals surface area contributed by atoms with Crippen molar-refractivity contribution >= 4 is 0 Å². The van der Waals surface area contributed by atoms with E-state index in [-0.39, 0.29) is 11.5 Å². The van der Waals surface area contributed by atoms with Gasteiger partial charge in [0.15, 0.2) is 0 Å². The zero-order valence-corrected chi connectivity index (χ0v) is 13.1. The van der Waals surface area contributed by atoms with Crippen LogP contribution in [0.25, 0.3) is 0 Å². The Hall–Kier alpha value is -1.14. The lowest BCUT2D eigenvalue weighted by molar-refractivity contribution is -0.137. The molecule has 1 fully saturated rings. The van der Waals surface area contributed by atoms with Crippen molar-refractivity contribution in [2.75, 3.05) is 26.2 Å². The highest BCUT2D eigenvalue weighted by molar-refractivity contribution is 5.30. The molecule has 1 aromatic rings. The molecular formula is C16H22F4N2. The molecule has 0 aliphatic carbocycles. The first-order chi connectivity index (χ1) is 10.1. The van der Waals surface area contributed by atoms with Gasteiger partial charge < -0.3 is 5.32 Å². The van der Waals surface area contributed by atoms with Gasteiger partial charge in [-0.05, 0) is 29.2 Å². The van der Waals surface area contributed by atoms with Crippen molar-refractivity contribution in [2.24, 2.45) is 5.41 Å². The second-order valence-electron chi connectivity index (χ2n) is 6.83. The highest BCUT2D eigenvalue weighted by atomic mass is 19.4. The van der Waals surface area contributed by atoms with Gasteiger partial charge in [0.05, 0.1) is 5.56 Å². The Kier molecular flexibility index (Phi) is 4.82. The van der Waals surface area contributed by atoms with Gasteiger partial charge in [-0.1, -0.05) is 20.8 Å². The summed E-state index contributed by atoms with van der Waals surface area (Å²) in [4.78, 5) is 2.13. The minimum Gasteiger partial charge on any atom is -0.314 e. The Morgan fingerprint density at radius 2 is 1.64 bits per heavy atom. The number of hydrogen-bond acceptors (Lipinski definition) is 2. The monoisotopic (exact) mass is 318 g/mol. The molecule has 0 saturated carbocycles. The molecule has 0 radical (unpaired) electrons. The van der Waals surface area contributed by atoms with Crippen LogP contribution in [-0.4, -0.2) is 31.1 Å². The minimum atomic E-state index is -4.54. The molecule has 0 amide bonds. The van der Waals surface area contributed by atoms with E-state index in [1.807, 2.05) is 20.8 Å². The summed E-state index contributed by atoms with van der Waals surface area (Å²) < 4.78 is 52.6. The van der Waals surface area contributed by atoms with Crippen LogP contribution in [-0.2, 0) is 6.18 Å². The zero-order valence-electron chi connectivity index (χ0n) is 13.1. The maximum absolute atomic E-state index is 13.7. The van der Waals surface area contributed by atoms with Crippen LogP contribution in [0.1, 0.15) is 37.9 Å². The number of nitrogens with zero attached hydrogens (tertiary/aromatic N) is 1. The molecule has 1 saturated heterocycles. The second kappa shape index (κ2) is 6.16.